The predicted molar refractivity (Wildman–Crippen MR) is 65.6 cm³/mol. The first-order valence-corrected chi connectivity index (χ1v) is 5.96. The summed E-state index contributed by atoms with van der Waals surface area (Å²) in [5, 5.41) is 11.7. The third kappa shape index (κ3) is 3.02. The van der Waals surface area contributed by atoms with Gasteiger partial charge in [-0.3, -0.25) is 4.79 Å². The molecular weight excluding hydrogens is 253 g/mol. The number of ether oxygens (including phenoxy) is 2. The number of benzene rings is 1. The van der Waals surface area contributed by atoms with Gasteiger partial charge in [0.25, 0.3) is 5.91 Å². The largest absolute Gasteiger partial charge is 0.508 e. The second-order valence-corrected chi connectivity index (χ2v) is 4.54. The third-order valence-electron chi connectivity index (χ3n) is 3.27. The van der Waals surface area contributed by atoms with E-state index < -0.39 is 17.3 Å². The monoisotopic (exact) mass is 269 g/mol. The lowest BCUT2D eigenvalue weighted by Crippen LogP contribution is -2.45. The summed E-state index contributed by atoms with van der Waals surface area (Å²) in [7, 11) is 1.56. The summed E-state index contributed by atoms with van der Waals surface area (Å²) in [6.45, 7) is 1.24. The number of phenolic OH excluding ortho intramolecular Hbond substituents is 1. The molecule has 1 heterocycles. The molecule has 1 aromatic rings. The molecule has 1 unspecified atom stereocenters. The van der Waals surface area contributed by atoms with Gasteiger partial charge in [0.2, 0.25) is 0 Å². The molecule has 2 rings (SSSR count). The van der Waals surface area contributed by atoms with Crippen molar-refractivity contribution >= 4 is 5.91 Å². The van der Waals surface area contributed by atoms with Crippen molar-refractivity contribution in [3.8, 4) is 5.75 Å². The molecule has 0 aromatic heterocycles. The number of methoxy groups -OCH3 is 1. The van der Waals surface area contributed by atoms with Gasteiger partial charge in [-0.15, -0.1) is 0 Å². The number of carbonyl (C=O) groups is 1. The van der Waals surface area contributed by atoms with Gasteiger partial charge in [-0.1, -0.05) is 0 Å². The number of rotatable bonds is 4. The van der Waals surface area contributed by atoms with E-state index in [2.05, 4.69) is 5.32 Å². The molecule has 0 bridgehead atoms. The van der Waals surface area contributed by atoms with Crippen LogP contribution < -0.4 is 5.32 Å². The van der Waals surface area contributed by atoms with Crippen LogP contribution in [0.5, 0.6) is 5.75 Å². The average molecular weight is 269 g/mol. The molecule has 0 spiro atoms. The maximum Gasteiger partial charge on any atom is 0.254 e. The van der Waals surface area contributed by atoms with E-state index in [-0.39, 0.29) is 17.9 Å². The Hall–Kier alpha value is -1.66. The Balaban J connectivity index is 2.01. The molecule has 19 heavy (non-hydrogen) atoms. The van der Waals surface area contributed by atoms with Crippen molar-refractivity contribution < 1.29 is 23.8 Å². The van der Waals surface area contributed by atoms with Gasteiger partial charge >= 0.3 is 0 Å². The maximum atomic E-state index is 13.5. The topological polar surface area (TPSA) is 67.8 Å². The summed E-state index contributed by atoms with van der Waals surface area (Å²) in [5.41, 5.74) is -0.647. The van der Waals surface area contributed by atoms with E-state index in [0.717, 1.165) is 6.07 Å². The molecule has 1 amide bonds. The van der Waals surface area contributed by atoms with Crippen LogP contribution in [0.15, 0.2) is 18.2 Å². The summed E-state index contributed by atoms with van der Waals surface area (Å²) in [5.74, 6) is -1.51. The van der Waals surface area contributed by atoms with Crippen molar-refractivity contribution in [1.82, 2.24) is 5.32 Å². The summed E-state index contributed by atoms with van der Waals surface area (Å²) in [6.07, 6.45) is 0.682. The Bertz CT molecular complexity index is 472. The van der Waals surface area contributed by atoms with E-state index in [9.17, 15) is 9.18 Å². The van der Waals surface area contributed by atoms with Crippen LogP contribution in [0.1, 0.15) is 16.8 Å². The van der Waals surface area contributed by atoms with Crippen LogP contribution in [-0.4, -0.2) is 43.5 Å². The standard InChI is InChI=1S/C13H16FNO4/c1-18-13(4-5-19-8-13)7-15-12(17)10-3-2-9(16)6-11(10)14/h2-3,6,16H,4-5,7-8H2,1H3,(H,15,17). The number of aromatic hydroxyl groups is 1. The molecule has 1 aliphatic heterocycles. The average Bonchev–Trinajstić information content (AvgIpc) is 2.85. The number of hydrogen-bond donors (Lipinski definition) is 2. The van der Waals surface area contributed by atoms with E-state index in [1.165, 1.54) is 12.1 Å². The molecule has 0 aliphatic carbocycles. The van der Waals surface area contributed by atoms with Gasteiger partial charge in [0, 0.05) is 32.7 Å². The molecule has 1 aromatic carbocycles. The van der Waals surface area contributed by atoms with E-state index >= 15 is 0 Å². The first kappa shape index (κ1) is 13.8. The van der Waals surface area contributed by atoms with Crippen molar-refractivity contribution in [2.45, 2.75) is 12.0 Å². The van der Waals surface area contributed by atoms with Crippen molar-refractivity contribution in [2.75, 3.05) is 26.9 Å². The van der Waals surface area contributed by atoms with Gasteiger partial charge in [-0.25, -0.2) is 4.39 Å². The Morgan fingerprint density at radius 1 is 1.63 bits per heavy atom. The van der Waals surface area contributed by atoms with Gasteiger partial charge in [0.15, 0.2) is 0 Å². The van der Waals surface area contributed by atoms with E-state index in [1.807, 2.05) is 0 Å². The summed E-state index contributed by atoms with van der Waals surface area (Å²) < 4.78 is 24.1. The highest BCUT2D eigenvalue weighted by atomic mass is 19.1. The van der Waals surface area contributed by atoms with E-state index in [4.69, 9.17) is 14.6 Å². The Morgan fingerprint density at radius 2 is 2.42 bits per heavy atom. The molecule has 6 heteroatoms. The lowest BCUT2D eigenvalue weighted by atomic mass is 10.0. The summed E-state index contributed by atoms with van der Waals surface area (Å²) >= 11 is 0. The van der Waals surface area contributed by atoms with Crippen LogP contribution in [0.4, 0.5) is 4.39 Å². The molecular formula is C13H16FNO4. The van der Waals surface area contributed by atoms with Gasteiger partial charge < -0.3 is 19.9 Å². The van der Waals surface area contributed by atoms with Crippen LogP contribution in [-0.2, 0) is 9.47 Å². The molecule has 1 saturated heterocycles. The third-order valence-corrected chi connectivity index (χ3v) is 3.27. The maximum absolute atomic E-state index is 13.5. The van der Waals surface area contributed by atoms with Crippen molar-refractivity contribution in [3.63, 3.8) is 0 Å². The molecule has 1 fully saturated rings. The van der Waals surface area contributed by atoms with Crippen molar-refractivity contribution in [2.24, 2.45) is 0 Å². The molecule has 1 aliphatic rings. The van der Waals surface area contributed by atoms with Crippen molar-refractivity contribution in [1.29, 1.82) is 0 Å². The number of hydrogen-bond acceptors (Lipinski definition) is 4. The fourth-order valence-corrected chi connectivity index (χ4v) is 1.99. The van der Waals surface area contributed by atoms with Gasteiger partial charge in [-0.05, 0) is 12.1 Å². The number of phenols is 1. The first-order chi connectivity index (χ1) is 9.06. The highest BCUT2D eigenvalue weighted by Gasteiger charge is 2.35. The minimum atomic E-state index is -0.758. The first-order valence-electron chi connectivity index (χ1n) is 5.96. The van der Waals surface area contributed by atoms with Crippen LogP contribution in [0.25, 0.3) is 0 Å². The van der Waals surface area contributed by atoms with Crippen LogP contribution in [0, 0.1) is 5.82 Å². The highest BCUT2D eigenvalue weighted by molar-refractivity contribution is 5.94. The Morgan fingerprint density at radius 3 is 3.00 bits per heavy atom. The lowest BCUT2D eigenvalue weighted by molar-refractivity contribution is -0.0149. The normalized spacial score (nSPS) is 22.4. The second kappa shape index (κ2) is 5.54. The van der Waals surface area contributed by atoms with Crippen LogP contribution in [0.2, 0.25) is 0 Å². The fraction of sp³-hybridized carbons (Fsp3) is 0.462. The van der Waals surface area contributed by atoms with Gasteiger partial charge in [0.05, 0.1) is 12.2 Å². The number of nitrogens with one attached hydrogen (secondary N) is 1. The quantitative estimate of drug-likeness (QED) is 0.858. The molecule has 0 radical (unpaired) electrons. The second-order valence-electron chi connectivity index (χ2n) is 4.54. The molecule has 2 N–H and O–H groups in total. The van der Waals surface area contributed by atoms with Gasteiger partial charge in [0.1, 0.15) is 17.2 Å². The Labute approximate surface area is 110 Å². The molecule has 1 atom stereocenters. The van der Waals surface area contributed by atoms with Crippen molar-refractivity contribution in [3.05, 3.63) is 29.6 Å². The Kier molecular flexibility index (Phi) is 4.01. The zero-order chi connectivity index (χ0) is 13.9. The minimum Gasteiger partial charge on any atom is -0.508 e. The van der Waals surface area contributed by atoms with Gasteiger partial charge in [-0.2, -0.15) is 0 Å². The zero-order valence-corrected chi connectivity index (χ0v) is 10.6. The molecule has 104 valence electrons. The van der Waals surface area contributed by atoms with E-state index in [0.29, 0.717) is 19.6 Å². The van der Waals surface area contributed by atoms with Crippen LogP contribution >= 0.6 is 0 Å². The number of amides is 1. The molecule has 0 saturated carbocycles. The smallest absolute Gasteiger partial charge is 0.254 e. The number of halogens is 1. The lowest BCUT2D eigenvalue weighted by Gasteiger charge is -2.25. The summed E-state index contributed by atoms with van der Waals surface area (Å²) in [6, 6.07) is 3.41. The van der Waals surface area contributed by atoms with Crippen LogP contribution in [0.3, 0.4) is 0 Å². The molecule has 5 nitrogen and oxygen atoms in total. The minimum absolute atomic E-state index is 0.108. The number of carbonyl (C=O) groups excluding carboxylic acids is 1. The predicted octanol–water partition coefficient (Wildman–Crippen LogP) is 1.07. The van der Waals surface area contributed by atoms with E-state index in [1.54, 1.807) is 7.11 Å². The highest BCUT2D eigenvalue weighted by Crippen LogP contribution is 2.22. The zero-order valence-electron chi connectivity index (χ0n) is 10.6. The fourth-order valence-electron chi connectivity index (χ4n) is 1.99. The SMILES string of the molecule is COC1(CNC(=O)c2ccc(O)cc2F)CCOC1. The summed E-state index contributed by atoms with van der Waals surface area (Å²) in [4.78, 5) is 11.9.